The van der Waals surface area contributed by atoms with Gasteiger partial charge in [-0.05, 0) is 17.5 Å². The minimum atomic E-state index is 0.0135. The van der Waals surface area contributed by atoms with E-state index in [2.05, 4.69) is 22.4 Å². The van der Waals surface area contributed by atoms with Crippen LogP contribution in [0.4, 0.5) is 0 Å². The summed E-state index contributed by atoms with van der Waals surface area (Å²) in [6, 6.07) is 12.0. The number of fused-ring (bicyclic) bond motifs is 1. The van der Waals surface area contributed by atoms with Crippen LogP contribution in [-0.2, 0) is 0 Å². The summed E-state index contributed by atoms with van der Waals surface area (Å²) >= 11 is 3.22. The van der Waals surface area contributed by atoms with Crippen LogP contribution in [-0.4, -0.2) is 23.2 Å². The molecule has 3 rings (SSSR count). The number of H-pyrrole nitrogens is 1. The Morgan fingerprint density at radius 3 is 3.00 bits per heavy atom. The van der Waals surface area contributed by atoms with Gasteiger partial charge in [0.25, 0.3) is 5.91 Å². The van der Waals surface area contributed by atoms with Gasteiger partial charge in [-0.2, -0.15) is 0 Å². The predicted molar refractivity (Wildman–Crippen MR) is 85.7 cm³/mol. The fraction of sp³-hybridized carbons (Fsp3) is 0.133. The summed E-state index contributed by atoms with van der Waals surface area (Å²) in [7, 11) is 0. The minimum Gasteiger partial charge on any atom is -0.360 e. The number of hydrogen-bond acceptors (Lipinski definition) is 3. The van der Waals surface area contributed by atoms with E-state index in [0.29, 0.717) is 6.54 Å². The molecule has 0 saturated heterocycles. The molecule has 0 atom stereocenters. The minimum absolute atomic E-state index is 0.0135. The molecule has 0 spiro atoms. The van der Waals surface area contributed by atoms with E-state index in [0.717, 1.165) is 16.1 Å². The van der Waals surface area contributed by atoms with Crippen LogP contribution >= 0.6 is 23.1 Å². The van der Waals surface area contributed by atoms with Gasteiger partial charge in [0.1, 0.15) is 0 Å². The molecule has 5 heteroatoms. The van der Waals surface area contributed by atoms with Crippen molar-refractivity contribution in [2.45, 2.75) is 4.90 Å². The molecule has 0 radical (unpaired) electrons. The van der Waals surface area contributed by atoms with Gasteiger partial charge in [-0.25, -0.2) is 0 Å². The Labute approximate surface area is 125 Å². The Bertz CT molecular complexity index is 704. The van der Waals surface area contributed by atoms with Crippen LogP contribution < -0.4 is 5.32 Å². The molecule has 20 heavy (non-hydrogen) atoms. The first-order chi connectivity index (χ1) is 9.84. The number of para-hydroxylation sites is 1. The Morgan fingerprint density at radius 1 is 1.25 bits per heavy atom. The zero-order valence-corrected chi connectivity index (χ0v) is 12.4. The molecule has 1 amide bonds. The third kappa shape index (κ3) is 2.89. The van der Waals surface area contributed by atoms with Crippen molar-refractivity contribution < 1.29 is 4.79 Å². The van der Waals surface area contributed by atoms with Crippen molar-refractivity contribution in [3.63, 3.8) is 0 Å². The number of benzene rings is 1. The van der Waals surface area contributed by atoms with Gasteiger partial charge < -0.3 is 10.3 Å². The lowest BCUT2D eigenvalue weighted by Crippen LogP contribution is -2.24. The Hall–Kier alpha value is -1.72. The molecular weight excluding hydrogens is 288 g/mol. The van der Waals surface area contributed by atoms with Crippen molar-refractivity contribution >= 4 is 39.9 Å². The normalized spacial score (nSPS) is 10.8. The molecule has 0 aliphatic rings. The molecule has 0 unspecified atom stereocenters. The number of amides is 1. The van der Waals surface area contributed by atoms with Gasteiger partial charge in [-0.15, -0.1) is 23.1 Å². The molecule has 102 valence electrons. The topological polar surface area (TPSA) is 44.9 Å². The molecule has 3 aromatic rings. The number of thiophene rings is 1. The highest BCUT2D eigenvalue weighted by Crippen LogP contribution is 2.27. The predicted octanol–water partition coefficient (Wildman–Crippen LogP) is 3.75. The van der Waals surface area contributed by atoms with Crippen molar-refractivity contribution in [2.75, 3.05) is 12.3 Å². The highest BCUT2D eigenvalue weighted by atomic mass is 32.2. The molecule has 2 aromatic heterocycles. The van der Waals surface area contributed by atoms with E-state index in [1.165, 1.54) is 21.6 Å². The van der Waals surface area contributed by atoms with E-state index >= 15 is 0 Å². The first-order valence-electron chi connectivity index (χ1n) is 6.35. The molecule has 0 aliphatic carbocycles. The second-order valence-corrected chi connectivity index (χ2v) is 6.36. The summed E-state index contributed by atoms with van der Waals surface area (Å²) in [5.41, 5.74) is 1.15. The van der Waals surface area contributed by atoms with Crippen molar-refractivity contribution in [1.82, 2.24) is 10.3 Å². The zero-order valence-electron chi connectivity index (χ0n) is 10.8. The van der Waals surface area contributed by atoms with Crippen LogP contribution in [0.1, 0.15) is 9.67 Å². The highest BCUT2D eigenvalue weighted by molar-refractivity contribution is 7.99. The summed E-state index contributed by atoms with van der Waals surface area (Å²) in [5.74, 6) is 0.874. The van der Waals surface area contributed by atoms with E-state index in [9.17, 15) is 4.79 Å². The summed E-state index contributed by atoms with van der Waals surface area (Å²) < 4.78 is 0. The van der Waals surface area contributed by atoms with Crippen molar-refractivity contribution in [2.24, 2.45) is 0 Å². The average molecular weight is 302 g/mol. The smallest absolute Gasteiger partial charge is 0.261 e. The lowest BCUT2D eigenvalue weighted by Gasteiger charge is -2.03. The number of aromatic amines is 1. The molecule has 1 aromatic carbocycles. The van der Waals surface area contributed by atoms with Gasteiger partial charge in [0.15, 0.2) is 0 Å². The highest BCUT2D eigenvalue weighted by Gasteiger charge is 2.06. The third-order valence-electron chi connectivity index (χ3n) is 2.94. The van der Waals surface area contributed by atoms with Gasteiger partial charge in [-0.1, -0.05) is 24.3 Å². The lowest BCUT2D eigenvalue weighted by atomic mass is 10.2. The quantitative estimate of drug-likeness (QED) is 0.557. The standard InChI is InChI=1S/C15H14N2OS2/c18-15(13-6-3-8-19-13)16-7-9-20-14-10-17-12-5-2-1-4-11(12)14/h1-6,8,10,17H,7,9H2,(H,16,18). The van der Waals surface area contributed by atoms with E-state index in [4.69, 9.17) is 0 Å². The number of hydrogen-bond donors (Lipinski definition) is 2. The maximum Gasteiger partial charge on any atom is 0.261 e. The van der Waals surface area contributed by atoms with E-state index in [-0.39, 0.29) is 5.91 Å². The second-order valence-electron chi connectivity index (χ2n) is 4.28. The van der Waals surface area contributed by atoms with Gasteiger partial charge in [0.05, 0.1) is 4.88 Å². The summed E-state index contributed by atoms with van der Waals surface area (Å²) in [5, 5.41) is 6.09. The Morgan fingerprint density at radius 2 is 2.15 bits per heavy atom. The Kier molecular flexibility index (Phi) is 4.08. The van der Waals surface area contributed by atoms with Crippen molar-refractivity contribution in [1.29, 1.82) is 0 Å². The van der Waals surface area contributed by atoms with Crippen LogP contribution in [0.25, 0.3) is 10.9 Å². The van der Waals surface area contributed by atoms with Crippen LogP contribution in [0.3, 0.4) is 0 Å². The fourth-order valence-electron chi connectivity index (χ4n) is 1.98. The molecule has 3 nitrogen and oxygen atoms in total. The average Bonchev–Trinajstić information content (AvgIpc) is 3.13. The number of thioether (sulfide) groups is 1. The first kappa shape index (κ1) is 13.3. The SMILES string of the molecule is O=C(NCCSc1c[nH]c2ccccc12)c1cccs1. The van der Waals surface area contributed by atoms with Crippen LogP contribution in [0, 0.1) is 0 Å². The molecule has 2 N–H and O–H groups in total. The van der Waals surface area contributed by atoms with Crippen LogP contribution in [0.15, 0.2) is 52.9 Å². The molecule has 2 heterocycles. The van der Waals surface area contributed by atoms with Gasteiger partial charge >= 0.3 is 0 Å². The van der Waals surface area contributed by atoms with Gasteiger partial charge in [-0.3, -0.25) is 4.79 Å². The molecular formula is C15H14N2OS2. The third-order valence-corrected chi connectivity index (χ3v) is 4.87. The number of aromatic nitrogens is 1. The fourth-order valence-corrected chi connectivity index (χ4v) is 3.52. The van der Waals surface area contributed by atoms with Crippen molar-refractivity contribution in [3.8, 4) is 0 Å². The lowest BCUT2D eigenvalue weighted by molar-refractivity contribution is 0.0960. The maximum absolute atomic E-state index is 11.8. The number of carbonyl (C=O) groups is 1. The van der Waals surface area contributed by atoms with Crippen molar-refractivity contribution in [3.05, 3.63) is 52.9 Å². The number of carbonyl (C=O) groups excluding carboxylic acids is 1. The van der Waals surface area contributed by atoms with E-state index in [1.807, 2.05) is 35.8 Å². The summed E-state index contributed by atoms with van der Waals surface area (Å²) in [6.07, 6.45) is 2.02. The van der Waals surface area contributed by atoms with E-state index in [1.54, 1.807) is 11.8 Å². The summed E-state index contributed by atoms with van der Waals surface area (Å²) in [4.78, 5) is 17.0. The zero-order chi connectivity index (χ0) is 13.8. The Balaban J connectivity index is 1.52. The van der Waals surface area contributed by atoms with Gasteiger partial charge in [0, 0.05) is 34.3 Å². The van der Waals surface area contributed by atoms with E-state index < -0.39 is 0 Å². The second kappa shape index (κ2) is 6.15. The number of nitrogens with one attached hydrogen (secondary N) is 2. The summed E-state index contributed by atoms with van der Waals surface area (Å²) in [6.45, 7) is 0.668. The molecule has 0 saturated carbocycles. The van der Waals surface area contributed by atoms with Gasteiger partial charge in [0.2, 0.25) is 0 Å². The largest absolute Gasteiger partial charge is 0.360 e. The molecule has 0 aliphatic heterocycles. The monoisotopic (exact) mass is 302 g/mol. The molecule has 0 bridgehead atoms. The molecule has 0 fully saturated rings. The number of rotatable bonds is 5. The van der Waals surface area contributed by atoms with Crippen LogP contribution in [0.5, 0.6) is 0 Å². The maximum atomic E-state index is 11.8. The first-order valence-corrected chi connectivity index (χ1v) is 8.22. The van der Waals surface area contributed by atoms with Crippen LogP contribution in [0.2, 0.25) is 0 Å².